The molecule has 1 amide bonds. The van der Waals surface area contributed by atoms with E-state index in [1.165, 1.54) is 0 Å². The Kier molecular flexibility index (Phi) is 5.87. The molecule has 2 aromatic rings. The number of rotatable bonds is 5. The van der Waals surface area contributed by atoms with Gasteiger partial charge in [-0.25, -0.2) is 0 Å². The van der Waals surface area contributed by atoms with Gasteiger partial charge in [-0.1, -0.05) is 66.5 Å². The molecule has 0 radical (unpaired) electrons. The van der Waals surface area contributed by atoms with E-state index in [4.69, 9.17) is 23.2 Å². The number of carbonyl (C=O) groups is 1. The highest BCUT2D eigenvalue weighted by atomic mass is 35.5. The number of benzene rings is 2. The second-order valence-electron chi connectivity index (χ2n) is 5.47. The molecule has 0 aliphatic heterocycles. The van der Waals surface area contributed by atoms with Crippen LogP contribution in [0.2, 0.25) is 10.0 Å². The molecule has 0 aliphatic carbocycles. The van der Waals surface area contributed by atoms with Crippen molar-refractivity contribution in [1.29, 1.82) is 0 Å². The molecule has 116 valence electrons. The van der Waals surface area contributed by atoms with Gasteiger partial charge in [0.25, 0.3) is 0 Å². The lowest BCUT2D eigenvalue weighted by Gasteiger charge is -2.18. The van der Waals surface area contributed by atoms with Crippen molar-refractivity contribution in [2.45, 2.75) is 32.2 Å². The van der Waals surface area contributed by atoms with Crippen LogP contribution in [0.1, 0.15) is 43.4 Å². The summed E-state index contributed by atoms with van der Waals surface area (Å²) in [6.45, 7) is 3.97. The van der Waals surface area contributed by atoms with Crippen molar-refractivity contribution in [3.05, 3.63) is 69.7 Å². The van der Waals surface area contributed by atoms with Gasteiger partial charge in [-0.2, -0.15) is 0 Å². The third-order valence-electron chi connectivity index (χ3n) is 3.67. The van der Waals surface area contributed by atoms with Crippen molar-refractivity contribution in [1.82, 2.24) is 5.32 Å². The minimum absolute atomic E-state index is 0.00914. The second kappa shape index (κ2) is 7.66. The Morgan fingerprint density at radius 3 is 2.41 bits per heavy atom. The van der Waals surface area contributed by atoms with Crippen LogP contribution in [0.15, 0.2) is 48.5 Å². The third-order valence-corrected chi connectivity index (χ3v) is 4.23. The Morgan fingerprint density at radius 2 is 1.77 bits per heavy atom. The van der Waals surface area contributed by atoms with Crippen LogP contribution in [0.4, 0.5) is 0 Å². The smallest absolute Gasteiger partial charge is 0.221 e. The molecule has 0 heterocycles. The molecule has 0 aromatic heterocycles. The Morgan fingerprint density at radius 1 is 1.09 bits per heavy atom. The molecule has 0 saturated carbocycles. The van der Waals surface area contributed by atoms with Crippen LogP contribution in [-0.4, -0.2) is 5.91 Å². The minimum Gasteiger partial charge on any atom is -0.350 e. The Bertz CT molecular complexity index is 643. The van der Waals surface area contributed by atoms with Gasteiger partial charge in [0, 0.05) is 16.5 Å². The Labute approximate surface area is 141 Å². The summed E-state index contributed by atoms with van der Waals surface area (Å²) in [4.78, 5) is 12.2. The highest BCUT2D eigenvalue weighted by molar-refractivity contribution is 6.35. The summed E-state index contributed by atoms with van der Waals surface area (Å²) in [5, 5.41) is 4.14. The summed E-state index contributed by atoms with van der Waals surface area (Å²) >= 11 is 12.1. The molecule has 2 rings (SSSR count). The number of hydrogen-bond donors (Lipinski definition) is 1. The van der Waals surface area contributed by atoms with E-state index in [2.05, 4.69) is 12.2 Å². The molecule has 2 aromatic carbocycles. The maximum atomic E-state index is 12.2. The van der Waals surface area contributed by atoms with Crippen molar-refractivity contribution in [3.63, 3.8) is 0 Å². The van der Waals surface area contributed by atoms with E-state index >= 15 is 0 Å². The van der Waals surface area contributed by atoms with Crippen molar-refractivity contribution < 1.29 is 4.79 Å². The van der Waals surface area contributed by atoms with Crippen LogP contribution in [0, 0.1) is 0 Å². The maximum absolute atomic E-state index is 12.2. The molecule has 0 bridgehead atoms. The van der Waals surface area contributed by atoms with Gasteiger partial charge in [-0.3, -0.25) is 4.79 Å². The Balaban J connectivity index is 1.96. The molecular formula is C18H19Cl2NO. The third kappa shape index (κ3) is 4.49. The van der Waals surface area contributed by atoms with Crippen molar-refractivity contribution in [2.75, 3.05) is 0 Å². The molecule has 22 heavy (non-hydrogen) atoms. The summed E-state index contributed by atoms with van der Waals surface area (Å²) in [6.07, 6.45) is 0.444. The van der Waals surface area contributed by atoms with E-state index in [0.717, 1.165) is 11.1 Å². The first kappa shape index (κ1) is 16.9. The Hall–Kier alpha value is -1.51. The lowest BCUT2D eigenvalue weighted by Crippen LogP contribution is -2.27. The number of hydrogen-bond acceptors (Lipinski definition) is 1. The fourth-order valence-corrected chi connectivity index (χ4v) is 2.98. The zero-order valence-corrected chi connectivity index (χ0v) is 14.2. The predicted molar refractivity (Wildman–Crippen MR) is 92.5 cm³/mol. The summed E-state index contributed by atoms with van der Waals surface area (Å²) in [5.41, 5.74) is 2.03. The molecule has 0 aliphatic rings. The first-order chi connectivity index (χ1) is 10.5. The van der Waals surface area contributed by atoms with E-state index in [9.17, 15) is 4.79 Å². The molecule has 1 N–H and O–H groups in total. The first-order valence-electron chi connectivity index (χ1n) is 7.26. The maximum Gasteiger partial charge on any atom is 0.221 e. The van der Waals surface area contributed by atoms with E-state index < -0.39 is 0 Å². The first-order valence-corrected chi connectivity index (χ1v) is 8.02. The van der Waals surface area contributed by atoms with E-state index in [1.807, 2.05) is 43.3 Å². The lowest BCUT2D eigenvalue weighted by atomic mass is 9.97. The predicted octanol–water partition coefficient (Wildman–Crippen LogP) is 5.36. The highest BCUT2D eigenvalue weighted by Gasteiger charge is 2.16. The van der Waals surface area contributed by atoms with Crippen LogP contribution in [0.5, 0.6) is 0 Å². The van der Waals surface area contributed by atoms with Gasteiger partial charge < -0.3 is 5.32 Å². The lowest BCUT2D eigenvalue weighted by molar-refractivity contribution is -0.122. The highest BCUT2D eigenvalue weighted by Crippen LogP contribution is 2.26. The summed E-state index contributed by atoms with van der Waals surface area (Å²) in [6, 6.07) is 15.2. The van der Waals surface area contributed by atoms with E-state index in [1.54, 1.807) is 12.1 Å². The van der Waals surface area contributed by atoms with Crippen LogP contribution in [0.25, 0.3) is 0 Å². The summed E-state index contributed by atoms with van der Waals surface area (Å²) < 4.78 is 0. The van der Waals surface area contributed by atoms with Crippen LogP contribution in [0.3, 0.4) is 0 Å². The van der Waals surface area contributed by atoms with Gasteiger partial charge >= 0.3 is 0 Å². The van der Waals surface area contributed by atoms with E-state index in [0.29, 0.717) is 16.5 Å². The molecule has 0 spiro atoms. The molecular weight excluding hydrogens is 317 g/mol. The molecule has 4 heteroatoms. The zero-order chi connectivity index (χ0) is 16.1. The number of carbonyl (C=O) groups excluding carboxylic acids is 1. The quantitative estimate of drug-likeness (QED) is 0.782. The fraction of sp³-hybridized carbons (Fsp3) is 0.278. The summed E-state index contributed by atoms with van der Waals surface area (Å²) in [5.74, 6) is 0.184. The number of halogens is 2. The molecule has 0 fully saturated rings. The summed E-state index contributed by atoms with van der Waals surface area (Å²) in [7, 11) is 0. The number of nitrogens with one attached hydrogen (secondary N) is 1. The molecule has 2 atom stereocenters. The van der Waals surface area contributed by atoms with Crippen molar-refractivity contribution in [3.8, 4) is 0 Å². The van der Waals surface area contributed by atoms with Gasteiger partial charge in [0.05, 0.1) is 6.04 Å². The normalized spacial score (nSPS) is 13.5. The van der Waals surface area contributed by atoms with Crippen molar-refractivity contribution >= 4 is 29.1 Å². The topological polar surface area (TPSA) is 29.1 Å². The fourth-order valence-electron chi connectivity index (χ4n) is 2.41. The van der Waals surface area contributed by atoms with Crippen molar-refractivity contribution in [2.24, 2.45) is 0 Å². The van der Waals surface area contributed by atoms with Crippen LogP contribution >= 0.6 is 23.2 Å². The van der Waals surface area contributed by atoms with Gasteiger partial charge in [-0.05, 0) is 36.1 Å². The van der Waals surface area contributed by atoms with Gasteiger partial charge in [0.15, 0.2) is 0 Å². The van der Waals surface area contributed by atoms with Crippen LogP contribution < -0.4 is 5.32 Å². The van der Waals surface area contributed by atoms with Gasteiger partial charge in [-0.15, -0.1) is 0 Å². The molecule has 0 saturated heterocycles. The SMILES string of the molecule is C[C@@H](CC(=O)N[C@H](C)c1ccc(Cl)cc1Cl)c1ccccc1. The standard InChI is InChI=1S/C18H19Cl2NO/c1-12(14-6-4-3-5-7-14)10-18(22)21-13(2)16-9-8-15(19)11-17(16)20/h3-9,11-13H,10H2,1-2H3,(H,21,22)/t12-,13+/m0/s1. The monoisotopic (exact) mass is 335 g/mol. The average molecular weight is 336 g/mol. The molecule has 2 nitrogen and oxygen atoms in total. The minimum atomic E-state index is -0.153. The van der Waals surface area contributed by atoms with Gasteiger partial charge in [0.1, 0.15) is 0 Å². The average Bonchev–Trinajstić information content (AvgIpc) is 2.47. The zero-order valence-electron chi connectivity index (χ0n) is 12.6. The van der Waals surface area contributed by atoms with E-state index in [-0.39, 0.29) is 17.9 Å². The number of amides is 1. The van der Waals surface area contributed by atoms with Crippen LogP contribution in [-0.2, 0) is 4.79 Å². The largest absolute Gasteiger partial charge is 0.350 e. The van der Waals surface area contributed by atoms with Gasteiger partial charge in [0.2, 0.25) is 5.91 Å². The second-order valence-corrected chi connectivity index (χ2v) is 6.31. The molecule has 0 unspecified atom stereocenters.